The topological polar surface area (TPSA) is 49.6 Å². The molecular weight excluding hydrogens is 253 g/mol. The smallest absolute Gasteiger partial charge is 0.320 e. The lowest BCUT2D eigenvalue weighted by Crippen LogP contribution is -2.29. The van der Waals surface area contributed by atoms with Crippen molar-refractivity contribution in [2.45, 2.75) is 6.54 Å². The molecule has 1 aliphatic heterocycles. The molecule has 0 bridgehead atoms. The van der Waals surface area contributed by atoms with Crippen molar-refractivity contribution in [1.29, 1.82) is 0 Å². The third kappa shape index (κ3) is 2.43. The highest BCUT2D eigenvalue weighted by Gasteiger charge is 2.25. The van der Waals surface area contributed by atoms with Crippen LogP contribution in [0.25, 0.3) is 0 Å². The summed E-state index contributed by atoms with van der Waals surface area (Å²) in [6.07, 6.45) is 0. The molecule has 1 heterocycles. The van der Waals surface area contributed by atoms with Gasteiger partial charge in [-0.25, -0.2) is 9.18 Å². The molecule has 1 fully saturated rings. The Labute approximate surface area is 110 Å². The number of nitrogens with zero attached hydrogens (tertiary/aromatic N) is 2. The number of amides is 2. The summed E-state index contributed by atoms with van der Waals surface area (Å²) >= 11 is 4.78. The third-order valence-corrected chi connectivity index (χ3v) is 3.24. The van der Waals surface area contributed by atoms with Crippen LogP contribution in [0, 0.1) is 5.82 Å². The zero-order chi connectivity index (χ0) is 13.3. The van der Waals surface area contributed by atoms with Crippen LogP contribution in [0.4, 0.5) is 9.18 Å². The Kier molecular flexibility index (Phi) is 3.47. The molecular formula is C12H14FN3OS. The molecule has 0 atom stereocenters. The standard InChI is InChI=1S/C12H14FN3OS/c1-15-4-5-16(12(15)17)7-9-3-2-8(11(14)18)6-10(9)13/h2-3,6H,4-5,7H2,1H3,(H2,14,18). The highest BCUT2D eigenvalue weighted by molar-refractivity contribution is 7.80. The Morgan fingerprint density at radius 2 is 2.22 bits per heavy atom. The summed E-state index contributed by atoms with van der Waals surface area (Å²) in [5.74, 6) is -0.386. The van der Waals surface area contributed by atoms with E-state index in [1.165, 1.54) is 6.07 Å². The third-order valence-electron chi connectivity index (χ3n) is 3.00. The SMILES string of the molecule is CN1CCN(Cc2ccc(C(N)=S)cc2F)C1=O. The van der Waals surface area contributed by atoms with E-state index in [-0.39, 0.29) is 23.4 Å². The van der Waals surface area contributed by atoms with E-state index in [2.05, 4.69) is 0 Å². The van der Waals surface area contributed by atoms with Gasteiger partial charge in [-0.1, -0.05) is 24.4 Å². The van der Waals surface area contributed by atoms with E-state index in [0.29, 0.717) is 24.2 Å². The van der Waals surface area contributed by atoms with Gasteiger partial charge in [-0.3, -0.25) is 0 Å². The molecule has 4 nitrogen and oxygen atoms in total. The number of carbonyl (C=O) groups is 1. The first kappa shape index (κ1) is 12.8. The summed E-state index contributed by atoms with van der Waals surface area (Å²) < 4.78 is 13.8. The summed E-state index contributed by atoms with van der Waals surface area (Å²) in [7, 11) is 1.73. The van der Waals surface area contributed by atoms with Gasteiger partial charge in [-0.2, -0.15) is 0 Å². The van der Waals surface area contributed by atoms with Crippen LogP contribution in [0.5, 0.6) is 0 Å². The second-order valence-corrected chi connectivity index (χ2v) is 4.74. The zero-order valence-electron chi connectivity index (χ0n) is 10.0. The lowest BCUT2D eigenvalue weighted by Gasteiger charge is -2.16. The Morgan fingerprint density at radius 1 is 1.50 bits per heavy atom. The lowest BCUT2D eigenvalue weighted by molar-refractivity contribution is 0.196. The highest BCUT2D eigenvalue weighted by Crippen LogP contribution is 2.16. The molecule has 2 rings (SSSR count). The molecule has 0 radical (unpaired) electrons. The van der Waals surface area contributed by atoms with Crippen molar-refractivity contribution in [2.75, 3.05) is 20.1 Å². The lowest BCUT2D eigenvalue weighted by atomic mass is 10.1. The molecule has 96 valence electrons. The number of benzene rings is 1. The first-order valence-electron chi connectivity index (χ1n) is 5.57. The Balaban J connectivity index is 2.15. The average molecular weight is 267 g/mol. The number of urea groups is 1. The fraction of sp³-hybridized carbons (Fsp3) is 0.333. The van der Waals surface area contributed by atoms with Crippen LogP contribution in [-0.4, -0.2) is 41.0 Å². The monoisotopic (exact) mass is 267 g/mol. The minimum absolute atomic E-state index is 0.0761. The van der Waals surface area contributed by atoms with E-state index in [9.17, 15) is 9.18 Å². The summed E-state index contributed by atoms with van der Waals surface area (Å²) in [4.78, 5) is 15.1. The minimum Gasteiger partial charge on any atom is -0.389 e. The molecule has 0 unspecified atom stereocenters. The largest absolute Gasteiger partial charge is 0.389 e. The van der Waals surface area contributed by atoms with Crippen molar-refractivity contribution in [1.82, 2.24) is 9.80 Å². The maximum absolute atomic E-state index is 13.8. The molecule has 0 aliphatic carbocycles. The van der Waals surface area contributed by atoms with Crippen LogP contribution in [-0.2, 0) is 6.54 Å². The van der Waals surface area contributed by atoms with Crippen molar-refractivity contribution < 1.29 is 9.18 Å². The maximum atomic E-state index is 13.8. The summed E-state index contributed by atoms with van der Waals surface area (Å²) in [6.45, 7) is 1.56. The molecule has 2 N–H and O–H groups in total. The van der Waals surface area contributed by atoms with Gasteiger partial charge in [0.25, 0.3) is 0 Å². The summed E-state index contributed by atoms with van der Waals surface area (Å²) in [5, 5.41) is 0. The second-order valence-electron chi connectivity index (χ2n) is 4.30. The average Bonchev–Trinajstić information content (AvgIpc) is 2.63. The molecule has 1 aromatic rings. The van der Waals surface area contributed by atoms with Gasteiger partial charge in [0, 0.05) is 31.3 Å². The van der Waals surface area contributed by atoms with Crippen LogP contribution in [0.1, 0.15) is 11.1 Å². The number of rotatable bonds is 3. The van der Waals surface area contributed by atoms with Crippen molar-refractivity contribution in [3.8, 4) is 0 Å². The Bertz CT molecular complexity index is 506. The molecule has 1 aliphatic rings. The fourth-order valence-electron chi connectivity index (χ4n) is 1.88. The predicted molar refractivity (Wildman–Crippen MR) is 70.7 cm³/mol. The molecule has 1 aromatic carbocycles. The fourth-order valence-corrected chi connectivity index (χ4v) is 2.01. The van der Waals surface area contributed by atoms with Crippen LogP contribution >= 0.6 is 12.2 Å². The molecule has 1 saturated heterocycles. The van der Waals surface area contributed by atoms with E-state index in [4.69, 9.17) is 18.0 Å². The first-order chi connectivity index (χ1) is 8.49. The minimum atomic E-state index is -0.386. The van der Waals surface area contributed by atoms with E-state index in [1.54, 1.807) is 29.0 Å². The normalized spacial score (nSPS) is 15.3. The van der Waals surface area contributed by atoms with Gasteiger partial charge in [0.1, 0.15) is 10.8 Å². The van der Waals surface area contributed by atoms with Crippen molar-refractivity contribution >= 4 is 23.2 Å². The van der Waals surface area contributed by atoms with Crippen molar-refractivity contribution in [2.24, 2.45) is 5.73 Å². The predicted octanol–water partition coefficient (Wildman–Crippen LogP) is 1.33. The molecule has 0 spiro atoms. The number of carbonyl (C=O) groups excluding carboxylic acids is 1. The Morgan fingerprint density at radius 3 is 2.72 bits per heavy atom. The van der Waals surface area contributed by atoms with Gasteiger partial charge in [0.05, 0.1) is 6.54 Å². The second kappa shape index (κ2) is 4.89. The van der Waals surface area contributed by atoms with Crippen molar-refractivity contribution in [3.63, 3.8) is 0 Å². The van der Waals surface area contributed by atoms with E-state index in [0.717, 1.165) is 0 Å². The molecule has 18 heavy (non-hydrogen) atoms. The first-order valence-corrected chi connectivity index (χ1v) is 5.98. The quantitative estimate of drug-likeness (QED) is 0.841. The maximum Gasteiger partial charge on any atom is 0.320 e. The molecule has 0 aromatic heterocycles. The van der Waals surface area contributed by atoms with Crippen LogP contribution in [0.3, 0.4) is 0 Å². The summed E-state index contributed by atoms with van der Waals surface area (Å²) in [6, 6.07) is 4.52. The van der Waals surface area contributed by atoms with E-state index in [1.807, 2.05) is 0 Å². The van der Waals surface area contributed by atoms with E-state index < -0.39 is 0 Å². The zero-order valence-corrected chi connectivity index (χ0v) is 10.8. The molecule has 2 amide bonds. The van der Waals surface area contributed by atoms with Crippen LogP contribution in [0.2, 0.25) is 0 Å². The van der Waals surface area contributed by atoms with Crippen LogP contribution in [0.15, 0.2) is 18.2 Å². The Hall–Kier alpha value is -1.69. The number of thiocarbonyl (C=S) groups is 1. The molecule has 6 heteroatoms. The molecule has 0 saturated carbocycles. The van der Waals surface area contributed by atoms with E-state index >= 15 is 0 Å². The number of hydrogen-bond acceptors (Lipinski definition) is 2. The van der Waals surface area contributed by atoms with Crippen molar-refractivity contribution in [3.05, 3.63) is 35.1 Å². The number of hydrogen-bond donors (Lipinski definition) is 1. The summed E-state index contributed by atoms with van der Waals surface area (Å²) in [5.41, 5.74) is 6.40. The van der Waals surface area contributed by atoms with Gasteiger partial charge in [0.15, 0.2) is 0 Å². The number of halogens is 1. The van der Waals surface area contributed by atoms with Gasteiger partial charge in [0.2, 0.25) is 0 Å². The number of nitrogens with two attached hydrogens (primary N) is 1. The van der Waals surface area contributed by atoms with Gasteiger partial charge in [-0.15, -0.1) is 0 Å². The number of likely N-dealkylation sites (N-methyl/N-ethyl adjacent to an activating group) is 1. The van der Waals surface area contributed by atoms with Gasteiger partial charge >= 0.3 is 6.03 Å². The highest BCUT2D eigenvalue weighted by atomic mass is 32.1. The van der Waals surface area contributed by atoms with Gasteiger partial charge in [-0.05, 0) is 6.07 Å². The van der Waals surface area contributed by atoms with Gasteiger partial charge < -0.3 is 15.5 Å². The van der Waals surface area contributed by atoms with Crippen LogP contribution < -0.4 is 5.73 Å².